The van der Waals surface area contributed by atoms with Crippen molar-refractivity contribution in [3.63, 3.8) is 0 Å². The molecule has 0 unspecified atom stereocenters. The van der Waals surface area contributed by atoms with Gasteiger partial charge in [-0.2, -0.15) is 0 Å². The highest BCUT2D eigenvalue weighted by atomic mass is 14.9. The lowest BCUT2D eigenvalue weighted by Crippen LogP contribution is -1.96. The van der Waals surface area contributed by atoms with Gasteiger partial charge < -0.3 is 11.1 Å². The fourth-order valence-electron chi connectivity index (χ4n) is 1.97. The van der Waals surface area contributed by atoms with Crippen LogP contribution in [-0.4, -0.2) is 4.98 Å². The van der Waals surface area contributed by atoms with E-state index in [1.807, 2.05) is 54.6 Å². The first-order valence-electron chi connectivity index (χ1n) is 5.80. The van der Waals surface area contributed by atoms with Crippen molar-refractivity contribution < 1.29 is 0 Å². The smallest absolute Gasteiger partial charge is 0.0722 e. The van der Waals surface area contributed by atoms with Gasteiger partial charge in [-0.25, -0.2) is 0 Å². The summed E-state index contributed by atoms with van der Waals surface area (Å²) in [7, 11) is 0. The molecule has 0 amide bonds. The van der Waals surface area contributed by atoms with E-state index in [1.54, 1.807) is 6.20 Å². The average Bonchev–Trinajstić information content (AvgIpc) is 2.42. The summed E-state index contributed by atoms with van der Waals surface area (Å²) in [6, 6.07) is 17.7. The van der Waals surface area contributed by atoms with Gasteiger partial charge in [0.05, 0.1) is 16.9 Å². The Labute approximate surface area is 105 Å². The van der Waals surface area contributed by atoms with Crippen LogP contribution in [0.4, 0.5) is 17.1 Å². The van der Waals surface area contributed by atoms with E-state index in [0.717, 1.165) is 28.0 Å². The number of benzene rings is 2. The van der Waals surface area contributed by atoms with Gasteiger partial charge in [0.15, 0.2) is 0 Å². The van der Waals surface area contributed by atoms with Crippen LogP contribution in [-0.2, 0) is 0 Å². The first-order valence-corrected chi connectivity index (χ1v) is 5.80. The Morgan fingerprint density at radius 2 is 1.67 bits per heavy atom. The number of nitrogens with zero attached hydrogens (tertiary/aromatic N) is 1. The molecule has 0 atom stereocenters. The maximum atomic E-state index is 5.93. The zero-order chi connectivity index (χ0) is 12.4. The van der Waals surface area contributed by atoms with Crippen molar-refractivity contribution in [1.29, 1.82) is 0 Å². The Morgan fingerprint density at radius 1 is 0.833 bits per heavy atom. The van der Waals surface area contributed by atoms with Crippen LogP contribution in [0.5, 0.6) is 0 Å². The monoisotopic (exact) mass is 235 g/mol. The van der Waals surface area contributed by atoms with E-state index in [4.69, 9.17) is 5.73 Å². The summed E-state index contributed by atoms with van der Waals surface area (Å²) in [5.74, 6) is 0. The number of nitrogens with one attached hydrogen (secondary N) is 1. The Hall–Kier alpha value is -2.55. The molecule has 0 fully saturated rings. The van der Waals surface area contributed by atoms with E-state index in [9.17, 15) is 0 Å². The summed E-state index contributed by atoms with van der Waals surface area (Å²) in [5.41, 5.74) is 9.56. The van der Waals surface area contributed by atoms with Crippen molar-refractivity contribution in [2.75, 3.05) is 11.1 Å². The summed E-state index contributed by atoms with van der Waals surface area (Å²) in [4.78, 5) is 4.33. The molecule has 18 heavy (non-hydrogen) atoms. The van der Waals surface area contributed by atoms with Gasteiger partial charge in [-0.1, -0.05) is 18.2 Å². The average molecular weight is 235 g/mol. The van der Waals surface area contributed by atoms with Crippen LogP contribution in [0.3, 0.4) is 0 Å². The number of nitrogens with two attached hydrogens (primary N) is 1. The largest absolute Gasteiger partial charge is 0.397 e. The van der Waals surface area contributed by atoms with E-state index in [2.05, 4.69) is 10.3 Å². The second-order valence-electron chi connectivity index (χ2n) is 4.09. The van der Waals surface area contributed by atoms with Crippen molar-refractivity contribution >= 4 is 28.0 Å². The van der Waals surface area contributed by atoms with E-state index in [1.165, 1.54) is 0 Å². The second kappa shape index (κ2) is 4.37. The van der Waals surface area contributed by atoms with Crippen LogP contribution < -0.4 is 11.1 Å². The van der Waals surface area contributed by atoms with E-state index in [0.29, 0.717) is 0 Å². The van der Waals surface area contributed by atoms with E-state index >= 15 is 0 Å². The number of pyridine rings is 1. The molecule has 88 valence electrons. The van der Waals surface area contributed by atoms with Crippen molar-refractivity contribution in [3.8, 4) is 0 Å². The number of aromatic nitrogens is 1. The number of nitrogen functional groups attached to an aromatic ring is 1. The zero-order valence-corrected chi connectivity index (χ0v) is 9.80. The molecule has 3 aromatic rings. The quantitative estimate of drug-likeness (QED) is 0.668. The summed E-state index contributed by atoms with van der Waals surface area (Å²) < 4.78 is 0. The third-order valence-electron chi connectivity index (χ3n) is 2.88. The van der Waals surface area contributed by atoms with Gasteiger partial charge in [0.1, 0.15) is 0 Å². The van der Waals surface area contributed by atoms with Crippen LogP contribution in [0, 0.1) is 0 Å². The van der Waals surface area contributed by atoms with Gasteiger partial charge in [0, 0.05) is 17.3 Å². The molecule has 0 aliphatic carbocycles. The number of hydrogen-bond donors (Lipinski definition) is 2. The Kier molecular flexibility index (Phi) is 2.57. The van der Waals surface area contributed by atoms with E-state index < -0.39 is 0 Å². The highest BCUT2D eigenvalue weighted by Gasteiger charge is 2.03. The number of hydrogen-bond acceptors (Lipinski definition) is 3. The highest BCUT2D eigenvalue weighted by molar-refractivity contribution is 5.93. The number of fused-ring (bicyclic) bond motifs is 1. The van der Waals surface area contributed by atoms with Gasteiger partial charge in [-0.05, 0) is 36.4 Å². The Balaban J connectivity index is 2.08. The minimum absolute atomic E-state index is 0.735. The molecule has 3 heteroatoms. The van der Waals surface area contributed by atoms with Crippen molar-refractivity contribution in [3.05, 3.63) is 60.8 Å². The third-order valence-corrected chi connectivity index (χ3v) is 2.88. The maximum Gasteiger partial charge on any atom is 0.0722 e. The minimum atomic E-state index is 0.735. The van der Waals surface area contributed by atoms with Crippen molar-refractivity contribution in [1.82, 2.24) is 4.98 Å². The first-order chi connectivity index (χ1) is 8.84. The lowest BCUT2D eigenvalue weighted by atomic mass is 10.1. The van der Waals surface area contributed by atoms with Gasteiger partial charge in [-0.3, -0.25) is 4.98 Å². The second-order valence-corrected chi connectivity index (χ2v) is 4.09. The topological polar surface area (TPSA) is 50.9 Å². The third kappa shape index (κ3) is 1.86. The predicted octanol–water partition coefficient (Wildman–Crippen LogP) is 3.56. The molecule has 3 N–H and O–H groups in total. The SMILES string of the molecule is Nc1ccccc1Nc1cccc2ncccc12. The predicted molar refractivity (Wildman–Crippen MR) is 75.9 cm³/mol. The Morgan fingerprint density at radius 3 is 2.56 bits per heavy atom. The minimum Gasteiger partial charge on any atom is -0.397 e. The van der Waals surface area contributed by atoms with Crippen LogP contribution in [0.1, 0.15) is 0 Å². The molecule has 1 aromatic heterocycles. The molecule has 0 spiro atoms. The van der Waals surface area contributed by atoms with Gasteiger partial charge >= 0.3 is 0 Å². The molecule has 2 aromatic carbocycles. The zero-order valence-electron chi connectivity index (χ0n) is 9.80. The van der Waals surface area contributed by atoms with Crippen molar-refractivity contribution in [2.24, 2.45) is 0 Å². The molecule has 0 saturated heterocycles. The van der Waals surface area contributed by atoms with Crippen LogP contribution in [0.2, 0.25) is 0 Å². The molecular weight excluding hydrogens is 222 g/mol. The molecule has 0 radical (unpaired) electrons. The molecule has 0 bridgehead atoms. The number of anilines is 3. The molecule has 3 rings (SSSR count). The summed E-state index contributed by atoms with van der Waals surface area (Å²) in [6.07, 6.45) is 1.79. The summed E-state index contributed by atoms with van der Waals surface area (Å²) >= 11 is 0. The standard InChI is InChI=1S/C15H13N3/c16-12-6-1-2-7-15(12)18-14-9-3-8-13-11(14)5-4-10-17-13/h1-10,18H,16H2. The number of para-hydroxylation sites is 2. The maximum absolute atomic E-state index is 5.93. The molecule has 3 nitrogen and oxygen atoms in total. The van der Waals surface area contributed by atoms with Gasteiger partial charge in [0.2, 0.25) is 0 Å². The molecule has 0 aliphatic heterocycles. The normalized spacial score (nSPS) is 10.4. The summed E-state index contributed by atoms with van der Waals surface area (Å²) in [6.45, 7) is 0. The number of rotatable bonds is 2. The van der Waals surface area contributed by atoms with Crippen LogP contribution >= 0.6 is 0 Å². The van der Waals surface area contributed by atoms with Gasteiger partial charge in [-0.15, -0.1) is 0 Å². The fraction of sp³-hybridized carbons (Fsp3) is 0. The van der Waals surface area contributed by atoms with Gasteiger partial charge in [0.25, 0.3) is 0 Å². The van der Waals surface area contributed by atoms with Crippen molar-refractivity contribution in [2.45, 2.75) is 0 Å². The van der Waals surface area contributed by atoms with Crippen LogP contribution in [0.15, 0.2) is 60.8 Å². The molecule has 1 heterocycles. The lowest BCUT2D eigenvalue weighted by molar-refractivity contribution is 1.41. The molecule has 0 saturated carbocycles. The molecule has 0 aliphatic rings. The van der Waals surface area contributed by atoms with Crippen LogP contribution in [0.25, 0.3) is 10.9 Å². The fourth-order valence-corrected chi connectivity index (χ4v) is 1.97. The summed E-state index contributed by atoms with van der Waals surface area (Å²) in [5, 5.41) is 4.44. The highest BCUT2D eigenvalue weighted by Crippen LogP contribution is 2.27. The van der Waals surface area contributed by atoms with E-state index in [-0.39, 0.29) is 0 Å². The molecular formula is C15H13N3. The first kappa shape index (κ1) is 10.6. The Bertz CT molecular complexity index is 687. The lowest BCUT2D eigenvalue weighted by Gasteiger charge is -2.11.